The van der Waals surface area contributed by atoms with Crippen LogP contribution in [0.3, 0.4) is 0 Å². The summed E-state index contributed by atoms with van der Waals surface area (Å²) in [6.45, 7) is 0. The fourth-order valence-electron chi connectivity index (χ4n) is 1.72. The van der Waals surface area contributed by atoms with Crippen molar-refractivity contribution in [1.82, 2.24) is 5.16 Å². The van der Waals surface area contributed by atoms with Gasteiger partial charge in [0, 0.05) is 16.7 Å². The minimum Gasteiger partial charge on any atom is -0.338 e. The molecule has 4 nitrogen and oxygen atoms in total. The zero-order valence-corrected chi connectivity index (χ0v) is 12.8. The molecule has 3 aromatic rings. The Morgan fingerprint density at radius 1 is 1.19 bits per heavy atom. The number of hydrogen-bond acceptors (Lipinski definition) is 4. The molecule has 1 amide bonds. The summed E-state index contributed by atoms with van der Waals surface area (Å²) in [5.74, 6) is -0.0665. The maximum absolute atomic E-state index is 12.0. The van der Waals surface area contributed by atoms with Crippen molar-refractivity contribution in [3.8, 4) is 11.3 Å². The van der Waals surface area contributed by atoms with Gasteiger partial charge >= 0.3 is 0 Å². The van der Waals surface area contributed by atoms with Crippen LogP contribution < -0.4 is 5.32 Å². The summed E-state index contributed by atoms with van der Waals surface area (Å²) in [4.78, 5) is 12.4. The number of nitrogens with zero attached hydrogens (tertiary/aromatic N) is 1. The van der Waals surface area contributed by atoms with E-state index in [1.165, 1.54) is 11.3 Å². The maximum atomic E-state index is 12.0. The molecule has 3 rings (SSSR count). The van der Waals surface area contributed by atoms with Crippen molar-refractivity contribution >= 4 is 46.3 Å². The van der Waals surface area contributed by atoms with E-state index in [1.54, 1.807) is 29.6 Å². The predicted molar refractivity (Wildman–Crippen MR) is 84.2 cm³/mol. The van der Waals surface area contributed by atoms with E-state index >= 15 is 0 Å². The molecule has 0 fully saturated rings. The number of carbonyl (C=O) groups excluding carboxylic acids is 1. The summed E-state index contributed by atoms with van der Waals surface area (Å²) in [6.07, 6.45) is 0. The Labute approximate surface area is 134 Å². The first-order valence-electron chi connectivity index (χ1n) is 5.90. The molecule has 0 bridgehead atoms. The van der Waals surface area contributed by atoms with Gasteiger partial charge in [-0.3, -0.25) is 10.1 Å². The molecule has 0 spiro atoms. The van der Waals surface area contributed by atoms with Gasteiger partial charge in [-0.25, -0.2) is 0 Å². The molecule has 106 valence electrons. The highest BCUT2D eigenvalue weighted by Crippen LogP contribution is 2.26. The molecule has 2 aromatic heterocycles. The van der Waals surface area contributed by atoms with E-state index in [4.69, 9.17) is 27.7 Å². The molecule has 21 heavy (non-hydrogen) atoms. The van der Waals surface area contributed by atoms with Gasteiger partial charge in [0.25, 0.3) is 5.91 Å². The van der Waals surface area contributed by atoms with Crippen LogP contribution in [-0.4, -0.2) is 11.1 Å². The van der Waals surface area contributed by atoms with Crippen molar-refractivity contribution in [2.24, 2.45) is 0 Å². The number of hydrogen-bond donors (Lipinski definition) is 1. The molecule has 0 saturated heterocycles. The van der Waals surface area contributed by atoms with Crippen molar-refractivity contribution in [2.45, 2.75) is 0 Å². The van der Waals surface area contributed by atoms with Gasteiger partial charge in [0.15, 0.2) is 0 Å². The van der Waals surface area contributed by atoms with Gasteiger partial charge in [-0.2, -0.15) is 0 Å². The Balaban J connectivity index is 1.78. The van der Waals surface area contributed by atoms with Crippen LogP contribution in [0.15, 0.2) is 46.3 Å². The summed E-state index contributed by atoms with van der Waals surface area (Å²) in [5.41, 5.74) is 1.46. The molecule has 0 saturated carbocycles. The van der Waals surface area contributed by atoms with E-state index in [9.17, 15) is 4.79 Å². The summed E-state index contributed by atoms with van der Waals surface area (Å²) >= 11 is 13.0. The zero-order chi connectivity index (χ0) is 14.8. The third-order valence-electron chi connectivity index (χ3n) is 2.71. The van der Waals surface area contributed by atoms with Crippen LogP contribution in [-0.2, 0) is 0 Å². The Morgan fingerprint density at radius 3 is 2.62 bits per heavy atom. The standard InChI is InChI=1S/C14H8Cl2N2O2S/c15-9-3-1-8(2-4-9)11-7-12(20-18-11)17-14(19)13-10(16)5-6-21-13/h1-7H,(H,17,19). The smallest absolute Gasteiger partial charge is 0.269 e. The number of anilines is 1. The van der Waals surface area contributed by atoms with Crippen molar-refractivity contribution in [1.29, 1.82) is 0 Å². The predicted octanol–water partition coefficient (Wildman–Crippen LogP) is 4.96. The number of carbonyl (C=O) groups is 1. The summed E-state index contributed by atoms with van der Waals surface area (Å²) in [5, 5.41) is 9.33. The van der Waals surface area contributed by atoms with Crippen LogP contribution in [0, 0.1) is 0 Å². The number of halogens is 2. The Bertz CT molecular complexity index is 780. The number of amides is 1. The second-order valence-corrected chi connectivity index (χ2v) is 5.89. The van der Waals surface area contributed by atoms with Crippen molar-refractivity contribution in [3.63, 3.8) is 0 Å². The highest BCUT2D eigenvalue weighted by molar-refractivity contribution is 7.12. The van der Waals surface area contributed by atoms with E-state index in [0.29, 0.717) is 20.6 Å². The number of thiophene rings is 1. The minimum atomic E-state index is -0.325. The zero-order valence-electron chi connectivity index (χ0n) is 10.5. The Hall–Kier alpha value is -1.82. The molecule has 2 heterocycles. The summed E-state index contributed by atoms with van der Waals surface area (Å²) < 4.78 is 5.10. The molecule has 1 aromatic carbocycles. The van der Waals surface area contributed by atoms with Crippen molar-refractivity contribution < 1.29 is 9.32 Å². The van der Waals surface area contributed by atoms with Crippen LogP contribution in [0.1, 0.15) is 9.67 Å². The fraction of sp³-hybridized carbons (Fsp3) is 0. The molecule has 1 N–H and O–H groups in total. The number of benzene rings is 1. The van der Waals surface area contributed by atoms with Crippen LogP contribution in [0.4, 0.5) is 5.88 Å². The minimum absolute atomic E-state index is 0.259. The lowest BCUT2D eigenvalue weighted by Gasteiger charge is -1.98. The fourth-order valence-corrected chi connectivity index (χ4v) is 2.88. The maximum Gasteiger partial charge on any atom is 0.269 e. The lowest BCUT2D eigenvalue weighted by molar-refractivity contribution is 0.102. The van der Waals surface area contributed by atoms with Gasteiger partial charge in [-0.15, -0.1) is 11.3 Å². The van der Waals surface area contributed by atoms with E-state index in [1.807, 2.05) is 12.1 Å². The van der Waals surface area contributed by atoms with Gasteiger partial charge in [-0.05, 0) is 23.6 Å². The molecule has 0 unspecified atom stereocenters. The van der Waals surface area contributed by atoms with Crippen molar-refractivity contribution in [2.75, 3.05) is 5.32 Å². The monoisotopic (exact) mass is 338 g/mol. The van der Waals surface area contributed by atoms with Gasteiger partial charge < -0.3 is 4.52 Å². The normalized spacial score (nSPS) is 10.6. The van der Waals surface area contributed by atoms with Crippen LogP contribution in [0.5, 0.6) is 0 Å². The molecular weight excluding hydrogens is 331 g/mol. The third kappa shape index (κ3) is 3.10. The average molecular weight is 339 g/mol. The van der Waals surface area contributed by atoms with Crippen molar-refractivity contribution in [3.05, 3.63) is 56.7 Å². The molecule has 0 aliphatic carbocycles. The lowest BCUT2D eigenvalue weighted by Crippen LogP contribution is -2.09. The Morgan fingerprint density at radius 2 is 1.95 bits per heavy atom. The largest absolute Gasteiger partial charge is 0.338 e. The number of aromatic nitrogens is 1. The molecule has 7 heteroatoms. The van der Waals surface area contributed by atoms with Gasteiger partial charge in [0.1, 0.15) is 10.6 Å². The van der Waals surface area contributed by atoms with Crippen LogP contribution in [0.2, 0.25) is 10.0 Å². The van der Waals surface area contributed by atoms with E-state index in [0.717, 1.165) is 5.56 Å². The first kappa shape index (κ1) is 14.1. The molecule has 0 atom stereocenters. The highest BCUT2D eigenvalue weighted by Gasteiger charge is 2.15. The first-order chi connectivity index (χ1) is 10.1. The van der Waals surface area contributed by atoms with E-state index in [2.05, 4.69) is 10.5 Å². The SMILES string of the molecule is O=C(Nc1cc(-c2ccc(Cl)cc2)no1)c1sccc1Cl. The summed E-state index contributed by atoms with van der Waals surface area (Å²) in [6, 6.07) is 10.5. The second kappa shape index (κ2) is 5.89. The lowest BCUT2D eigenvalue weighted by atomic mass is 10.1. The van der Waals surface area contributed by atoms with Crippen LogP contribution in [0.25, 0.3) is 11.3 Å². The third-order valence-corrected chi connectivity index (χ3v) is 4.30. The quantitative estimate of drug-likeness (QED) is 0.734. The van der Waals surface area contributed by atoms with Gasteiger partial charge in [-0.1, -0.05) is 40.5 Å². The molecular formula is C14H8Cl2N2O2S. The van der Waals surface area contributed by atoms with Gasteiger partial charge in [0.05, 0.1) is 5.02 Å². The highest BCUT2D eigenvalue weighted by atomic mass is 35.5. The number of rotatable bonds is 3. The average Bonchev–Trinajstić information content (AvgIpc) is 3.09. The molecule has 0 aliphatic heterocycles. The second-order valence-electron chi connectivity index (χ2n) is 4.14. The number of nitrogens with one attached hydrogen (secondary N) is 1. The Kier molecular flexibility index (Phi) is 3.96. The first-order valence-corrected chi connectivity index (χ1v) is 7.54. The topological polar surface area (TPSA) is 55.1 Å². The van der Waals surface area contributed by atoms with E-state index < -0.39 is 0 Å². The summed E-state index contributed by atoms with van der Waals surface area (Å²) in [7, 11) is 0. The van der Waals surface area contributed by atoms with Crippen LogP contribution >= 0.6 is 34.5 Å². The molecule has 0 aliphatic rings. The van der Waals surface area contributed by atoms with E-state index in [-0.39, 0.29) is 11.8 Å². The molecule has 0 radical (unpaired) electrons. The van der Waals surface area contributed by atoms with Gasteiger partial charge in [0.2, 0.25) is 5.88 Å².